The van der Waals surface area contributed by atoms with Crippen LogP contribution in [0.2, 0.25) is 5.02 Å². The summed E-state index contributed by atoms with van der Waals surface area (Å²) in [5.41, 5.74) is 1.84. The predicted molar refractivity (Wildman–Crippen MR) is 88.7 cm³/mol. The number of para-hydroxylation sites is 1. The van der Waals surface area contributed by atoms with Crippen LogP contribution in [0.5, 0.6) is 11.5 Å². The minimum Gasteiger partial charge on any atom is -0.486 e. The molecular formula is C17H13ClN2O3. The average molecular weight is 329 g/mol. The Morgan fingerprint density at radius 3 is 2.74 bits per heavy atom. The highest BCUT2D eigenvalue weighted by Gasteiger charge is 2.15. The van der Waals surface area contributed by atoms with E-state index in [1.165, 1.54) is 0 Å². The summed E-state index contributed by atoms with van der Waals surface area (Å²) >= 11 is 6.12. The number of hydrogen-bond donors (Lipinski definition) is 2. The van der Waals surface area contributed by atoms with Crippen LogP contribution >= 0.6 is 11.6 Å². The minimum atomic E-state index is -0.242. The lowest BCUT2D eigenvalue weighted by molar-refractivity contribution is 0.102. The van der Waals surface area contributed by atoms with Crippen LogP contribution in [0.1, 0.15) is 10.5 Å². The van der Waals surface area contributed by atoms with Crippen molar-refractivity contribution < 1.29 is 14.3 Å². The lowest BCUT2D eigenvalue weighted by Crippen LogP contribution is -2.16. The van der Waals surface area contributed by atoms with Crippen molar-refractivity contribution in [3.05, 3.63) is 53.2 Å². The van der Waals surface area contributed by atoms with Gasteiger partial charge in [-0.3, -0.25) is 4.79 Å². The minimum absolute atomic E-state index is 0.242. The first-order valence-corrected chi connectivity index (χ1v) is 7.57. The number of nitrogens with one attached hydrogen (secondary N) is 2. The molecule has 1 aliphatic rings. The fourth-order valence-corrected chi connectivity index (χ4v) is 2.79. The molecule has 116 valence electrons. The quantitative estimate of drug-likeness (QED) is 0.751. The Morgan fingerprint density at radius 2 is 1.91 bits per heavy atom. The van der Waals surface area contributed by atoms with Crippen molar-refractivity contribution in [1.82, 2.24) is 4.98 Å². The number of rotatable bonds is 2. The van der Waals surface area contributed by atoms with Crippen molar-refractivity contribution in [2.75, 3.05) is 18.5 Å². The lowest BCUT2D eigenvalue weighted by Gasteiger charge is -2.18. The number of hydrogen-bond acceptors (Lipinski definition) is 3. The number of fused-ring (bicyclic) bond motifs is 2. The van der Waals surface area contributed by atoms with Crippen molar-refractivity contribution in [2.24, 2.45) is 0 Å². The van der Waals surface area contributed by atoms with Gasteiger partial charge in [-0.1, -0.05) is 23.7 Å². The Kier molecular flexibility index (Phi) is 3.35. The molecule has 2 heterocycles. The van der Waals surface area contributed by atoms with Gasteiger partial charge in [0.05, 0.1) is 10.5 Å². The van der Waals surface area contributed by atoms with Crippen LogP contribution in [-0.4, -0.2) is 24.1 Å². The Hall–Kier alpha value is -2.66. The summed E-state index contributed by atoms with van der Waals surface area (Å²) in [6.45, 7) is 1.04. The summed E-state index contributed by atoms with van der Waals surface area (Å²) in [5, 5.41) is 4.32. The number of amides is 1. The van der Waals surface area contributed by atoms with Crippen LogP contribution in [0.15, 0.2) is 42.5 Å². The number of anilines is 1. The molecule has 2 N–H and O–H groups in total. The van der Waals surface area contributed by atoms with Crippen LogP contribution in [-0.2, 0) is 0 Å². The second-order valence-electron chi connectivity index (χ2n) is 5.20. The summed E-state index contributed by atoms with van der Waals surface area (Å²) in [6.07, 6.45) is 0. The van der Waals surface area contributed by atoms with Gasteiger partial charge < -0.3 is 19.8 Å². The van der Waals surface area contributed by atoms with Gasteiger partial charge in [-0.15, -0.1) is 0 Å². The molecule has 0 atom stereocenters. The molecule has 3 aromatic rings. The van der Waals surface area contributed by atoms with Gasteiger partial charge in [-0.25, -0.2) is 0 Å². The SMILES string of the molecule is O=C(Nc1ccc2c(c1)OCCO2)c1cc2cccc(Cl)c2[nH]1. The van der Waals surface area contributed by atoms with E-state index in [1.54, 1.807) is 30.3 Å². The zero-order chi connectivity index (χ0) is 15.8. The normalized spacial score (nSPS) is 13.1. The Bertz CT molecular complexity index is 904. The number of H-pyrrole nitrogens is 1. The van der Waals surface area contributed by atoms with Gasteiger partial charge in [0.25, 0.3) is 5.91 Å². The van der Waals surface area contributed by atoms with Crippen LogP contribution in [0.3, 0.4) is 0 Å². The Labute approximate surface area is 137 Å². The molecule has 2 aromatic carbocycles. The van der Waals surface area contributed by atoms with Crippen molar-refractivity contribution in [3.63, 3.8) is 0 Å². The molecule has 6 heteroatoms. The number of aromatic amines is 1. The standard InChI is InChI=1S/C17H13ClN2O3/c18-12-3-1-2-10-8-13(20-16(10)12)17(21)19-11-4-5-14-15(9-11)23-7-6-22-14/h1-5,8-9,20H,6-7H2,(H,19,21). The highest BCUT2D eigenvalue weighted by atomic mass is 35.5. The summed E-state index contributed by atoms with van der Waals surface area (Å²) in [4.78, 5) is 15.5. The topological polar surface area (TPSA) is 63.4 Å². The summed E-state index contributed by atoms with van der Waals surface area (Å²) in [7, 11) is 0. The molecule has 0 saturated carbocycles. The fraction of sp³-hybridized carbons (Fsp3) is 0.118. The van der Waals surface area contributed by atoms with E-state index in [9.17, 15) is 4.79 Å². The van der Waals surface area contributed by atoms with Crippen LogP contribution in [0.4, 0.5) is 5.69 Å². The number of ether oxygens (including phenoxy) is 2. The summed E-state index contributed by atoms with van der Waals surface area (Å²) < 4.78 is 11.0. The summed E-state index contributed by atoms with van der Waals surface area (Å²) in [5.74, 6) is 1.08. The molecular weight excluding hydrogens is 316 g/mol. The van der Waals surface area contributed by atoms with Crippen molar-refractivity contribution in [3.8, 4) is 11.5 Å². The van der Waals surface area contributed by atoms with E-state index < -0.39 is 0 Å². The molecule has 5 nitrogen and oxygen atoms in total. The monoisotopic (exact) mass is 328 g/mol. The average Bonchev–Trinajstić information content (AvgIpc) is 3.01. The predicted octanol–water partition coefficient (Wildman–Crippen LogP) is 3.84. The zero-order valence-electron chi connectivity index (χ0n) is 12.1. The second kappa shape index (κ2) is 5.52. The molecule has 0 unspecified atom stereocenters. The van der Waals surface area contributed by atoms with Crippen molar-refractivity contribution in [2.45, 2.75) is 0 Å². The first kappa shape index (κ1) is 14.0. The third kappa shape index (κ3) is 2.59. The fourth-order valence-electron chi connectivity index (χ4n) is 2.56. The van der Waals surface area contributed by atoms with Gasteiger partial charge in [-0.2, -0.15) is 0 Å². The summed E-state index contributed by atoms with van der Waals surface area (Å²) in [6, 6.07) is 12.6. The third-order valence-corrected chi connectivity index (χ3v) is 3.96. The van der Waals surface area contributed by atoms with E-state index in [0.717, 1.165) is 10.9 Å². The molecule has 1 aliphatic heterocycles. The van der Waals surface area contributed by atoms with E-state index >= 15 is 0 Å². The molecule has 0 radical (unpaired) electrons. The molecule has 0 bridgehead atoms. The highest BCUT2D eigenvalue weighted by Crippen LogP contribution is 2.32. The van der Waals surface area contributed by atoms with Crippen molar-refractivity contribution in [1.29, 1.82) is 0 Å². The van der Waals surface area contributed by atoms with E-state index in [2.05, 4.69) is 10.3 Å². The zero-order valence-corrected chi connectivity index (χ0v) is 12.8. The molecule has 23 heavy (non-hydrogen) atoms. The first-order chi connectivity index (χ1) is 11.2. The molecule has 0 fully saturated rings. The maximum atomic E-state index is 12.4. The second-order valence-corrected chi connectivity index (χ2v) is 5.61. The smallest absolute Gasteiger partial charge is 0.272 e. The molecule has 0 aliphatic carbocycles. The Morgan fingerprint density at radius 1 is 1.09 bits per heavy atom. The van der Waals surface area contributed by atoms with E-state index in [1.807, 2.05) is 12.1 Å². The Balaban J connectivity index is 1.60. The maximum absolute atomic E-state index is 12.4. The van der Waals surface area contributed by atoms with Gasteiger partial charge in [0, 0.05) is 17.1 Å². The number of benzene rings is 2. The van der Waals surface area contributed by atoms with Gasteiger partial charge in [0.2, 0.25) is 0 Å². The van der Waals surface area contributed by atoms with Gasteiger partial charge in [-0.05, 0) is 24.3 Å². The molecule has 1 aromatic heterocycles. The van der Waals surface area contributed by atoms with Crippen LogP contribution in [0.25, 0.3) is 10.9 Å². The number of halogens is 1. The molecule has 4 rings (SSSR count). The third-order valence-electron chi connectivity index (χ3n) is 3.65. The maximum Gasteiger partial charge on any atom is 0.272 e. The van der Waals surface area contributed by atoms with E-state index in [0.29, 0.717) is 41.1 Å². The highest BCUT2D eigenvalue weighted by molar-refractivity contribution is 6.35. The van der Waals surface area contributed by atoms with Crippen LogP contribution < -0.4 is 14.8 Å². The van der Waals surface area contributed by atoms with Crippen molar-refractivity contribution >= 4 is 34.1 Å². The molecule has 0 saturated heterocycles. The number of aromatic nitrogens is 1. The van der Waals surface area contributed by atoms with Gasteiger partial charge in [0.1, 0.15) is 18.9 Å². The molecule has 1 amide bonds. The lowest BCUT2D eigenvalue weighted by atomic mass is 10.2. The number of carbonyl (C=O) groups excluding carboxylic acids is 1. The van der Waals surface area contributed by atoms with E-state index in [4.69, 9.17) is 21.1 Å². The first-order valence-electron chi connectivity index (χ1n) is 7.19. The number of carbonyl (C=O) groups is 1. The van der Waals surface area contributed by atoms with Crippen LogP contribution in [0, 0.1) is 0 Å². The largest absolute Gasteiger partial charge is 0.486 e. The molecule has 0 spiro atoms. The van der Waals surface area contributed by atoms with E-state index in [-0.39, 0.29) is 5.91 Å². The van der Waals surface area contributed by atoms with Gasteiger partial charge >= 0.3 is 0 Å². The van der Waals surface area contributed by atoms with Gasteiger partial charge in [0.15, 0.2) is 11.5 Å².